The second-order valence-electron chi connectivity index (χ2n) is 3.79. The molecule has 1 aromatic rings. The number of hydrogen-bond donors (Lipinski definition) is 2. The van der Waals surface area contributed by atoms with Gasteiger partial charge in [-0.15, -0.1) is 0 Å². The van der Waals surface area contributed by atoms with E-state index in [9.17, 15) is 9.18 Å². The molecule has 0 unspecified atom stereocenters. The first-order chi connectivity index (χ1) is 8.56. The van der Waals surface area contributed by atoms with Crippen LogP contribution in [0.4, 0.5) is 4.39 Å². The number of aliphatic hydroxyl groups excluding tert-OH is 1. The summed E-state index contributed by atoms with van der Waals surface area (Å²) in [5, 5.41) is 11.2. The molecule has 0 saturated heterocycles. The van der Waals surface area contributed by atoms with Gasteiger partial charge in [0.25, 0.3) is 5.91 Å². The van der Waals surface area contributed by atoms with Crippen LogP contribution >= 0.6 is 23.2 Å². The van der Waals surface area contributed by atoms with Crippen molar-refractivity contribution in [3.05, 3.63) is 33.6 Å². The molecule has 0 spiro atoms. The van der Waals surface area contributed by atoms with E-state index in [1.54, 1.807) is 0 Å². The Labute approximate surface area is 115 Å². The predicted octanol–water partition coefficient (Wildman–Crippen LogP) is 3.02. The van der Waals surface area contributed by atoms with Gasteiger partial charge < -0.3 is 10.4 Å². The number of unbranched alkanes of at least 4 members (excludes halogenated alkanes) is 2. The van der Waals surface area contributed by atoms with Crippen LogP contribution in [-0.2, 0) is 0 Å². The fourth-order valence-electron chi connectivity index (χ4n) is 1.41. The number of rotatable bonds is 6. The smallest absolute Gasteiger partial charge is 0.252 e. The van der Waals surface area contributed by atoms with Gasteiger partial charge in [-0.05, 0) is 31.4 Å². The van der Waals surface area contributed by atoms with Gasteiger partial charge in [-0.3, -0.25) is 4.79 Å². The van der Waals surface area contributed by atoms with Crippen LogP contribution in [0, 0.1) is 5.82 Å². The predicted molar refractivity (Wildman–Crippen MR) is 69.7 cm³/mol. The van der Waals surface area contributed by atoms with Crippen molar-refractivity contribution in [3.8, 4) is 0 Å². The van der Waals surface area contributed by atoms with E-state index in [0.717, 1.165) is 18.9 Å². The van der Waals surface area contributed by atoms with Crippen LogP contribution in [0.3, 0.4) is 0 Å². The number of nitrogens with one attached hydrogen (secondary N) is 1. The van der Waals surface area contributed by atoms with Crippen LogP contribution in [0.15, 0.2) is 12.1 Å². The summed E-state index contributed by atoms with van der Waals surface area (Å²) in [6, 6.07) is 2.23. The maximum Gasteiger partial charge on any atom is 0.252 e. The summed E-state index contributed by atoms with van der Waals surface area (Å²) in [6.07, 6.45) is 2.27. The van der Waals surface area contributed by atoms with Crippen molar-refractivity contribution in [1.29, 1.82) is 0 Å². The molecule has 0 aromatic heterocycles. The van der Waals surface area contributed by atoms with E-state index in [2.05, 4.69) is 5.32 Å². The highest BCUT2D eigenvalue weighted by atomic mass is 35.5. The number of halogens is 3. The minimum absolute atomic E-state index is 0.0701. The van der Waals surface area contributed by atoms with Crippen molar-refractivity contribution in [2.24, 2.45) is 0 Å². The Balaban J connectivity index is 2.54. The molecule has 3 nitrogen and oxygen atoms in total. The number of benzene rings is 1. The fourth-order valence-corrected chi connectivity index (χ4v) is 1.88. The summed E-state index contributed by atoms with van der Waals surface area (Å²) in [6.45, 7) is 0.599. The normalized spacial score (nSPS) is 10.4. The molecule has 100 valence electrons. The summed E-state index contributed by atoms with van der Waals surface area (Å²) in [5.74, 6) is -1.11. The Hall–Kier alpha value is -0.840. The molecule has 6 heteroatoms. The highest BCUT2D eigenvalue weighted by Crippen LogP contribution is 2.24. The summed E-state index contributed by atoms with van der Waals surface area (Å²) >= 11 is 11.4. The van der Waals surface area contributed by atoms with E-state index in [0.29, 0.717) is 13.0 Å². The van der Waals surface area contributed by atoms with Crippen LogP contribution in [0.1, 0.15) is 29.6 Å². The zero-order chi connectivity index (χ0) is 13.5. The molecule has 0 atom stereocenters. The molecule has 0 radical (unpaired) electrons. The third-order valence-corrected chi connectivity index (χ3v) is 2.98. The van der Waals surface area contributed by atoms with Crippen LogP contribution in [0.25, 0.3) is 0 Å². The molecule has 0 bridgehead atoms. The lowest BCUT2D eigenvalue weighted by atomic mass is 10.2. The van der Waals surface area contributed by atoms with Gasteiger partial charge >= 0.3 is 0 Å². The zero-order valence-electron chi connectivity index (χ0n) is 9.68. The number of aliphatic hydroxyl groups is 1. The highest BCUT2D eigenvalue weighted by molar-refractivity contribution is 6.36. The molecule has 0 aliphatic carbocycles. The topological polar surface area (TPSA) is 49.3 Å². The maximum absolute atomic E-state index is 13.2. The molecule has 1 aromatic carbocycles. The molecule has 0 saturated carbocycles. The average molecular weight is 294 g/mol. The third-order valence-electron chi connectivity index (χ3n) is 2.38. The van der Waals surface area contributed by atoms with E-state index in [-0.39, 0.29) is 22.2 Å². The first-order valence-electron chi connectivity index (χ1n) is 5.60. The van der Waals surface area contributed by atoms with E-state index in [1.165, 1.54) is 6.07 Å². The molecule has 0 fully saturated rings. The Morgan fingerprint density at radius 2 is 1.94 bits per heavy atom. The summed E-state index contributed by atoms with van der Waals surface area (Å²) in [7, 11) is 0. The fraction of sp³-hybridized carbons (Fsp3) is 0.417. The number of carbonyl (C=O) groups excluding carboxylic acids is 1. The summed E-state index contributed by atoms with van der Waals surface area (Å²) in [4.78, 5) is 11.7. The van der Waals surface area contributed by atoms with Gasteiger partial charge in [-0.25, -0.2) is 4.39 Å². The van der Waals surface area contributed by atoms with Gasteiger partial charge in [0.15, 0.2) is 0 Å². The Morgan fingerprint density at radius 1 is 1.22 bits per heavy atom. The van der Waals surface area contributed by atoms with Gasteiger partial charge in [0.05, 0.1) is 15.6 Å². The number of carbonyl (C=O) groups is 1. The number of hydrogen-bond acceptors (Lipinski definition) is 2. The lowest BCUT2D eigenvalue weighted by Crippen LogP contribution is -2.25. The van der Waals surface area contributed by atoms with Gasteiger partial charge in [0.1, 0.15) is 5.82 Å². The van der Waals surface area contributed by atoms with Crippen molar-refractivity contribution in [2.45, 2.75) is 19.3 Å². The largest absolute Gasteiger partial charge is 0.396 e. The van der Waals surface area contributed by atoms with E-state index in [1.807, 2.05) is 0 Å². The van der Waals surface area contributed by atoms with Crippen molar-refractivity contribution < 1.29 is 14.3 Å². The number of amides is 1. The monoisotopic (exact) mass is 293 g/mol. The standard InChI is InChI=1S/C12H14Cl2FNO2/c13-9-7-10(14)11(15)6-8(9)12(18)16-4-2-1-3-5-17/h6-7,17H,1-5H2,(H,16,18). The molecule has 0 heterocycles. The van der Waals surface area contributed by atoms with Gasteiger partial charge in [0.2, 0.25) is 0 Å². The van der Waals surface area contributed by atoms with E-state index in [4.69, 9.17) is 28.3 Å². The van der Waals surface area contributed by atoms with Crippen LogP contribution in [0.2, 0.25) is 10.0 Å². The van der Waals surface area contributed by atoms with Crippen LogP contribution < -0.4 is 5.32 Å². The van der Waals surface area contributed by atoms with Gasteiger partial charge in [-0.2, -0.15) is 0 Å². The minimum Gasteiger partial charge on any atom is -0.396 e. The molecular weight excluding hydrogens is 280 g/mol. The van der Waals surface area contributed by atoms with Crippen molar-refractivity contribution in [3.63, 3.8) is 0 Å². The summed E-state index contributed by atoms with van der Waals surface area (Å²) < 4.78 is 13.2. The van der Waals surface area contributed by atoms with Crippen molar-refractivity contribution >= 4 is 29.1 Å². The zero-order valence-corrected chi connectivity index (χ0v) is 11.2. The lowest BCUT2D eigenvalue weighted by molar-refractivity contribution is 0.0952. The second-order valence-corrected chi connectivity index (χ2v) is 4.60. The third kappa shape index (κ3) is 4.44. The minimum atomic E-state index is -0.675. The highest BCUT2D eigenvalue weighted by Gasteiger charge is 2.13. The molecule has 1 amide bonds. The Kier molecular flexibility index (Phi) is 6.39. The van der Waals surface area contributed by atoms with Gasteiger partial charge in [0, 0.05) is 13.2 Å². The van der Waals surface area contributed by atoms with Crippen molar-refractivity contribution in [1.82, 2.24) is 5.32 Å². The Bertz CT molecular complexity index is 427. The first-order valence-corrected chi connectivity index (χ1v) is 6.35. The van der Waals surface area contributed by atoms with Gasteiger partial charge in [-0.1, -0.05) is 23.2 Å². The molecule has 1 rings (SSSR count). The quantitative estimate of drug-likeness (QED) is 0.626. The first kappa shape index (κ1) is 15.2. The molecule has 2 N–H and O–H groups in total. The average Bonchev–Trinajstić information content (AvgIpc) is 2.33. The van der Waals surface area contributed by atoms with Crippen molar-refractivity contribution in [2.75, 3.05) is 13.2 Å². The Morgan fingerprint density at radius 3 is 2.61 bits per heavy atom. The summed E-state index contributed by atoms with van der Waals surface area (Å²) in [5.41, 5.74) is 0.0701. The lowest BCUT2D eigenvalue weighted by Gasteiger charge is -2.07. The second kappa shape index (κ2) is 7.56. The maximum atomic E-state index is 13.2. The molecule has 18 heavy (non-hydrogen) atoms. The molecular formula is C12H14Cl2FNO2. The molecule has 0 aliphatic rings. The van der Waals surface area contributed by atoms with Crippen LogP contribution in [0.5, 0.6) is 0 Å². The van der Waals surface area contributed by atoms with E-state index >= 15 is 0 Å². The SMILES string of the molecule is O=C(NCCCCCO)c1cc(F)c(Cl)cc1Cl. The van der Waals surface area contributed by atoms with Crippen LogP contribution in [-0.4, -0.2) is 24.2 Å². The van der Waals surface area contributed by atoms with E-state index < -0.39 is 11.7 Å². The molecule has 0 aliphatic heterocycles.